The number of rotatable bonds is 20. The monoisotopic (exact) mass is 472 g/mol. The van der Waals surface area contributed by atoms with E-state index in [1.165, 1.54) is 96.0 Å². The van der Waals surface area contributed by atoms with Gasteiger partial charge in [-0.05, 0) is 30.5 Å². The van der Waals surface area contributed by atoms with Crippen LogP contribution in [0.5, 0.6) is 11.5 Å². The van der Waals surface area contributed by atoms with Crippen LogP contribution in [0.4, 0.5) is 0 Å². The molecule has 0 unspecified atom stereocenters. The molecule has 1 aromatic carbocycles. The zero-order valence-corrected chi connectivity index (χ0v) is 21.5. The molecule has 1 aromatic heterocycles. The van der Waals surface area contributed by atoms with Gasteiger partial charge in [-0.15, -0.1) is 0 Å². The van der Waals surface area contributed by atoms with Crippen LogP contribution < -0.4 is 5.32 Å². The third kappa shape index (κ3) is 10.8. The lowest BCUT2D eigenvalue weighted by atomic mass is 10.0. The molecule has 0 aliphatic carbocycles. The maximum absolute atomic E-state index is 12.1. The molecule has 0 aliphatic rings. The molecule has 2 rings (SSSR count). The number of benzene rings is 1. The molecule has 1 heterocycles. The van der Waals surface area contributed by atoms with Gasteiger partial charge in [0.05, 0.1) is 0 Å². The number of aromatic hydroxyl groups is 2. The summed E-state index contributed by atoms with van der Waals surface area (Å²) in [5, 5.41) is 23.4. The van der Waals surface area contributed by atoms with Crippen molar-refractivity contribution in [3.63, 3.8) is 0 Å². The second kappa shape index (κ2) is 17.3. The summed E-state index contributed by atoms with van der Waals surface area (Å²) in [7, 11) is 0. The predicted molar refractivity (Wildman–Crippen MR) is 143 cm³/mol. The Morgan fingerprint density at radius 1 is 0.794 bits per heavy atom. The van der Waals surface area contributed by atoms with Crippen molar-refractivity contribution in [3.8, 4) is 11.5 Å². The average Bonchev–Trinajstić information content (AvgIpc) is 3.25. The van der Waals surface area contributed by atoms with Crippen molar-refractivity contribution < 1.29 is 15.0 Å². The van der Waals surface area contributed by atoms with Gasteiger partial charge in [0, 0.05) is 30.1 Å². The molecule has 0 fully saturated rings. The summed E-state index contributed by atoms with van der Waals surface area (Å²) >= 11 is 0. The van der Waals surface area contributed by atoms with E-state index in [0.29, 0.717) is 24.8 Å². The van der Waals surface area contributed by atoms with Gasteiger partial charge in [-0.1, -0.05) is 103 Å². The van der Waals surface area contributed by atoms with Crippen LogP contribution in [0.2, 0.25) is 0 Å². The number of amides is 1. The highest BCUT2D eigenvalue weighted by Crippen LogP contribution is 2.35. The number of phenolic OH excluding ortho intramolecular Hbond substituents is 2. The van der Waals surface area contributed by atoms with Crippen LogP contribution in [0.1, 0.15) is 122 Å². The topological polar surface area (TPSA) is 85.4 Å². The standard InChI is InChI=1S/C29H48N2O3/c1-2-3-4-5-6-7-8-9-10-11-12-13-14-15-16-17-18-27(33)30-22-21-24-23-31-25-19-20-26(32)29(34)28(24)25/h19-20,23,31-32,34H,2-18,21-22H2,1H3,(H,30,33). The summed E-state index contributed by atoms with van der Waals surface area (Å²) in [6.45, 7) is 2.80. The van der Waals surface area contributed by atoms with Crippen molar-refractivity contribution in [2.24, 2.45) is 0 Å². The van der Waals surface area contributed by atoms with E-state index in [0.717, 1.165) is 23.9 Å². The summed E-state index contributed by atoms with van der Waals surface area (Å²) in [5.74, 6) is -0.133. The zero-order chi connectivity index (χ0) is 24.4. The second-order valence-electron chi connectivity index (χ2n) is 9.82. The molecular weight excluding hydrogens is 424 g/mol. The lowest BCUT2D eigenvalue weighted by molar-refractivity contribution is -0.121. The Morgan fingerprint density at radius 3 is 1.88 bits per heavy atom. The van der Waals surface area contributed by atoms with Crippen molar-refractivity contribution in [1.82, 2.24) is 10.3 Å². The number of carbonyl (C=O) groups excluding carboxylic acids is 1. The normalized spacial score (nSPS) is 11.3. The lowest BCUT2D eigenvalue weighted by Gasteiger charge is -2.06. The quantitative estimate of drug-likeness (QED) is 0.117. The molecular formula is C29H48N2O3. The van der Waals surface area contributed by atoms with Crippen LogP contribution in [0.3, 0.4) is 0 Å². The smallest absolute Gasteiger partial charge is 0.220 e. The largest absolute Gasteiger partial charge is 0.504 e. The molecule has 0 saturated heterocycles. The highest BCUT2D eigenvalue weighted by molar-refractivity contribution is 5.91. The van der Waals surface area contributed by atoms with Crippen molar-refractivity contribution in [2.45, 2.75) is 122 Å². The Hall–Kier alpha value is -2.17. The van der Waals surface area contributed by atoms with E-state index in [9.17, 15) is 15.0 Å². The molecule has 192 valence electrons. The van der Waals surface area contributed by atoms with E-state index >= 15 is 0 Å². The number of aromatic amines is 1. The Labute approximate surface area is 206 Å². The van der Waals surface area contributed by atoms with E-state index in [1.807, 2.05) is 6.20 Å². The van der Waals surface area contributed by atoms with Gasteiger partial charge >= 0.3 is 0 Å². The molecule has 2 aromatic rings. The summed E-state index contributed by atoms with van der Waals surface area (Å²) in [4.78, 5) is 15.2. The van der Waals surface area contributed by atoms with Crippen molar-refractivity contribution in [1.29, 1.82) is 0 Å². The van der Waals surface area contributed by atoms with Gasteiger partial charge < -0.3 is 20.5 Å². The molecule has 1 amide bonds. The number of unbranched alkanes of at least 4 members (excludes halogenated alkanes) is 15. The van der Waals surface area contributed by atoms with E-state index in [2.05, 4.69) is 17.2 Å². The Balaban J connectivity index is 1.38. The van der Waals surface area contributed by atoms with Crippen LogP contribution >= 0.6 is 0 Å². The first-order chi connectivity index (χ1) is 16.6. The number of aromatic nitrogens is 1. The molecule has 0 atom stereocenters. The van der Waals surface area contributed by atoms with Crippen molar-refractivity contribution in [2.75, 3.05) is 6.54 Å². The first-order valence-electron chi connectivity index (χ1n) is 13.9. The third-order valence-corrected chi connectivity index (χ3v) is 6.85. The summed E-state index contributed by atoms with van der Waals surface area (Å²) in [5.41, 5.74) is 1.68. The van der Waals surface area contributed by atoms with Crippen LogP contribution in [-0.2, 0) is 11.2 Å². The van der Waals surface area contributed by atoms with E-state index < -0.39 is 0 Å². The van der Waals surface area contributed by atoms with Crippen molar-refractivity contribution in [3.05, 3.63) is 23.9 Å². The van der Waals surface area contributed by atoms with Crippen LogP contribution in [0.25, 0.3) is 10.9 Å². The predicted octanol–water partition coefficient (Wildman–Crippen LogP) is 7.89. The van der Waals surface area contributed by atoms with E-state index in [4.69, 9.17) is 0 Å². The number of phenols is 2. The van der Waals surface area contributed by atoms with E-state index in [1.54, 1.807) is 6.07 Å². The highest BCUT2D eigenvalue weighted by atomic mass is 16.3. The first-order valence-corrected chi connectivity index (χ1v) is 13.9. The van der Waals surface area contributed by atoms with Gasteiger partial charge in [-0.25, -0.2) is 0 Å². The van der Waals surface area contributed by atoms with Crippen molar-refractivity contribution >= 4 is 16.8 Å². The number of hydrogen-bond acceptors (Lipinski definition) is 3. The fourth-order valence-electron chi connectivity index (χ4n) is 4.72. The van der Waals surface area contributed by atoms with E-state index in [-0.39, 0.29) is 17.4 Å². The molecule has 5 heteroatoms. The molecule has 0 bridgehead atoms. The van der Waals surface area contributed by atoms with Gasteiger partial charge in [0.1, 0.15) is 0 Å². The minimum absolute atomic E-state index is 0.0947. The summed E-state index contributed by atoms with van der Waals surface area (Å²) in [6, 6.07) is 3.21. The minimum Gasteiger partial charge on any atom is -0.504 e. The van der Waals surface area contributed by atoms with Gasteiger partial charge in [0.15, 0.2) is 11.5 Å². The SMILES string of the molecule is CCCCCCCCCCCCCCCCCCC(=O)NCCc1c[nH]c2ccc(O)c(O)c12. The molecule has 0 radical (unpaired) electrons. The third-order valence-electron chi connectivity index (χ3n) is 6.85. The summed E-state index contributed by atoms with van der Waals surface area (Å²) < 4.78 is 0. The van der Waals surface area contributed by atoms with Gasteiger partial charge in [-0.3, -0.25) is 4.79 Å². The van der Waals surface area contributed by atoms with Gasteiger partial charge in [0.25, 0.3) is 0 Å². The second-order valence-corrected chi connectivity index (χ2v) is 9.82. The molecule has 34 heavy (non-hydrogen) atoms. The average molecular weight is 473 g/mol. The number of nitrogens with one attached hydrogen (secondary N) is 2. The Bertz CT molecular complexity index is 815. The number of H-pyrrole nitrogens is 1. The molecule has 5 nitrogen and oxygen atoms in total. The molecule has 0 spiro atoms. The maximum Gasteiger partial charge on any atom is 0.220 e. The fraction of sp³-hybridized carbons (Fsp3) is 0.690. The number of fused-ring (bicyclic) bond motifs is 1. The van der Waals surface area contributed by atoms with Gasteiger partial charge in [0.2, 0.25) is 5.91 Å². The Kier molecular flexibility index (Phi) is 14.3. The highest BCUT2D eigenvalue weighted by Gasteiger charge is 2.12. The van der Waals surface area contributed by atoms with Crippen LogP contribution in [0.15, 0.2) is 18.3 Å². The zero-order valence-electron chi connectivity index (χ0n) is 21.5. The van der Waals surface area contributed by atoms with Crippen LogP contribution in [-0.4, -0.2) is 27.6 Å². The maximum atomic E-state index is 12.1. The van der Waals surface area contributed by atoms with Gasteiger partial charge in [-0.2, -0.15) is 0 Å². The lowest BCUT2D eigenvalue weighted by Crippen LogP contribution is -2.25. The first kappa shape index (κ1) is 28.1. The molecule has 4 N–H and O–H groups in total. The van der Waals surface area contributed by atoms with Crippen LogP contribution in [0, 0.1) is 0 Å². The molecule has 0 saturated carbocycles. The minimum atomic E-state index is -0.124. The fourth-order valence-corrected chi connectivity index (χ4v) is 4.72. The molecule has 0 aliphatic heterocycles. The summed E-state index contributed by atoms with van der Waals surface area (Å²) in [6.07, 6.45) is 24.3. The Morgan fingerprint density at radius 2 is 1.32 bits per heavy atom. The number of hydrogen-bond donors (Lipinski definition) is 4. The number of carbonyl (C=O) groups is 1.